The molecule has 1 fully saturated rings. The highest BCUT2D eigenvalue weighted by molar-refractivity contribution is 5.76. The molecule has 8 heteroatoms. The molecule has 0 spiro atoms. The van der Waals surface area contributed by atoms with Crippen LogP contribution in [0.4, 0.5) is 0 Å². The monoisotopic (exact) mass is 522 g/mol. The van der Waals surface area contributed by atoms with Crippen molar-refractivity contribution in [1.82, 2.24) is 4.98 Å². The van der Waals surface area contributed by atoms with E-state index in [9.17, 15) is 9.90 Å². The molecule has 4 rings (SSSR count). The van der Waals surface area contributed by atoms with Gasteiger partial charge in [0.1, 0.15) is 6.54 Å². The predicted octanol–water partition coefficient (Wildman–Crippen LogP) is 3.74. The molecule has 1 aromatic heterocycles. The number of esters is 1. The van der Waals surface area contributed by atoms with Crippen LogP contribution in [0.1, 0.15) is 67.8 Å². The summed E-state index contributed by atoms with van der Waals surface area (Å²) >= 11 is 0. The zero-order chi connectivity index (χ0) is 27.6. The summed E-state index contributed by atoms with van der Waals surface area (Å²) in [6, 6.07) is 18.9. The summed E-state index contributed by atoms with van der Waals surface area (Å²) in [5.41, 5.74) is 0.415. The first kappa shape index (κ1) is 29.1. The molecule has 0 aliphatic heterocycles. The van der Waals surface area contributed by atoms with Gasteiger partial charge in [0, 0.05) is 18.0 Å². The van der Waals surface area contributed by atoms with Gasteiger partial charge in [-0.15, -0.1) is 0 Å². The molecule has 38 heavy (non-hydrogen) atoms. The van der Waals surface area contributed by atoms with E-state index >= 15 is 0 Å². The summed E-state index contributed by atoms with van der Waals surface area (Å²) < 4.78 is 12.0. The Morgan fingerprint density at radius 1 is 1.13 bits per heavy atom. The van der Waals surface area contributed by atoms with Crippen molar-refractivity contribution in [3.8, 4) is 0 Å². The molecule has 0 radical (unpaired) electrons. The van der Waals surface area contributed by atoms with E-state index in [-0.39, 0.29) is 11.9 Å². The third kappa shape index (κ3) is 6.68. The van der Waals surface area contributed by atoms with Crippen LogP contribution in [-0.2, 0) is 26.5 Å². The van der Waals surface area contributed by atoms with Crippen molar-refractivity contribution in [2.75, 3.05) is 20.7 Å². The molecular weight excluding hydrogens is 484 g/mol. The number of likely N-dealkylation sites (N-methyl/N-ethyl adjacent to an activating group) is 1. The molecule has 2 atom stereocenters. The molecule has 1 N–H and O–H groups in total. The van der Waals surface area contributed by atoms with Gasteiger partial charge in [-0.05, 0) is 25.3 Å². The van der Waals surface area contributed by atoms with Crippen LogP contribution in [0.2, 0.25) is 0 Å². The Morgan fingerprint density at radius 3 is 2.29 bits per heavy atom. The van der Waals surface area contributed by atoms with Gasteiger partial charge < -0.3 is 28.6 Å². The number of quaternary nitrogens is 1. The summed E-state index contributed by atoms with van der Waals surface area (Å²) in [5.74, 6) is 0.731. The number of carbonyl (C=O) groups excluding carboxylic acids is 2. The SMILES string of the molecule is CCOC(=O)[C@H](c1ccccc1)[N+](C)(C)Cc1cnc([C@](O)(c2ccccc2)C2CCCCC2)o1.O=C[O-]. The highest BCUT2D eigenvalue weighted by atomic mass is 16.5. The van der Waals surface area contributed by atoms with Crippen LogP contribution in [0.5, 0.6) is 0 Å². The van der Waals surface area contributed by atoms with Crippen LogP contribution in [0, 0.1) is 5.92 Å². The molecule has 1 heterocycles. The van der Waals surface area contributed by atoms with Crippen molar-refractivity contribution in [2.45, 2.75) is 57.2 Å². The fourth-order valence-corrected chi connectivity index (χ4v) is 5.48. The van der Waals surface area contributed by atoms with E-state index in [0.717, 1.165) is 36.8 Å². The van der Waals surface area contributed by atoms with Crippen molar-refractivity contribution < 1.29 is 33.4 Å². The minimum atomic E-state index is -1.28. The molecule has 0 bridgehead atoms. The molecule has 1 aliphatic rings. The smallest absolute Gasteiger partial charge is 0.369 e. The average Bonchev–Trinajstić information content (AvgIpc) is 3.38. The standard InChI is InChI=1S/C29H37N2O4.CH2O2/c1-4-34-27(32)26(22-14-8-5-9-15-22)31(2,3)21-25-20-30-28(35-25)29(33,23-16-10-6-11-17-23)24-18-12-7-13-19-24;2-1-3/h5-6,8-11,14-17,20,24,26,33H,4,7,12-13,18-19,21H2,1-3H3;1H,(H,2,3)/q+1;/p-1/t26-,29-;/m0./s1. The summed E-state index contributed by atoms with van der Waals surface area (Å²) in [6.45, 7) is 2.05. The number of benzene rings is 2. The Bertz CT molecular complexity index is 1140. The molecule has 1 saturated carbocycles. The van der Waals surface area contributed by atoms with E-state index < -0.39 is 18.1 Å². The third-order valence-electron chi connectivity index (χ3n) is 7.18. The normalized spacial score (nSPS) is 16.4. The van der Waals surface area contributed by atoms with Crippen molar-refractivity contribution >= 4 is 12.4 Å². The lowest BCUT2D eigenvalue weighted by molar-refractivity contribution is -0.926. The van der Waals surface area contributed by atoms with E-state index in [2.05, 4.69) is 4.98 Å². The number of oxazole rings is 1. The molecule has 1 aliphatic carbocycles. The van der Waals surface area contributed by atoms with E-state index in [1.165, 1.54) is 6.42 Å². The summed E-state index contributed by atoms with van der Waals surface area (Å²) in [7, 11) is 3.97. The highest BCUT2D eigenvalue weighted by Crippen LogP contribution is 2.44. The fraction of sp³-hybridized carbons (Fsp3) is 0.433. The fourth-order valence-electron chi connectivity index (χ4n) is 5.48. The van der Waals surface area contributed by atoms with Gasteiger partial charge in [-0.1, -0.05) is 79.9 Å². The van der Waals surface area contributed by atoms with Crippen molar-refractivity contribution in [3.63, 3.8) is 0 Å². The Labute approximate surface area is 224 Å². The number of ether oxygens (including phenoxy) is 1. The topological polar surface area (TPSA) is 113 Å². The summed E-state index contributed by atoms with van der Waals surface area (Å²) in [5, 5.41) is 20.4. The Hall–Kier alpha value is -3.49. The number of aliphatic hydroxyl groups is 1. The van der Waals surface area contributed by atoms with Gasteiger partial charge in [-0.3, -0.25) is 0 Å². The van der Waals surface area contributed by atoms with Gasteiger partial charge in [-0.25, -0.2) is 9.78 Å². The average molecular weight is 523 g/mol. The lowest BCUT2D eigenvalue weighted by Crippen LogP contribution is -2.46. The second kappa shape index (κ2) is 13.3. The Kier molecular flexibility index (Phi) is 10.2. The van der Waals surface area contributed by atoms with Crippen LogP contribution in [0.25, 0.3) is 0 Å². The number of hydrogen-bond acceptors (Lipinski definition) is 7. The van der Waals surface area contributed by atoms with Crippen LogP contribution in [0.15, 0.2) is 71.3 Å². The van der Waals surface area contributed by atoms with Gasteiger partial charge in [0.05, 0.1) is 26.9 Å². The first-order valence-corrected chi connectivity index (χ1v) is 13.1. The van der Waals surface area contributed by atoms with Gasteiger partial charge in [-0.2, -0.15) is 0 Å². The quantitative estimate of drug-likeness (QED) is 0.259. The van der Waals surface area contributed by atoms with Crippen LogP contribution < -0.4 is 5.11 Å². The van der Waals surface area contributed by atoms with E-state index in [1.807, 2.05) is 81.7 Å². The Morgan fingerprint density at radius 2 is 1.71 bits per heavy atom. The minimum Gasteiger partial charge on any atom is -0.554 e. The van der Waals surface area contributed by atoms with E-state index in [4.69, 9.17) is 19.1 Å². The molecule has 0 unspecified atom stereocenters. The van der Waals surface area contributed by atoms with Gasteiger partial charge in [0.15, 0.2) is 11.4 Å². The molecule has 0 saturated heterocycles. The number of carbonyl (C=O) groups is 2. The maximum absolute atomic E-state index is 13.0. The number of nitrogens with zero attached hydrogens (tertiary/aromatic N) is 2. The summed E-state index contributed by atoms with van der Waals surface area (Å²) in [4.78, 5) is 25.9. The van der Waals surface area contributed by atoms with Gasteiger partial charge in [0.25, 0.3) is 0 Å². The molecule has 3 aromatic rings. The molecular formula is C30H38N2O6. The maximum atomic E-state index is 13.0. The van der Waals surface area contributed by atoms with Crippen LogP contribution in [0.3, 0.4) is 0 Å². The Balaban J connectivity index is 0.00000127. The van der Waals surface area contributed by atoms with Gasteiger partial charge >= 0.3 is 5.97 Å². The summed E-state index contributed by atoms with van der Waals surface area (Å²) in [6.07, 6.45) is 6.94. The lowest BCUT2D eigenvalue weighted by atomic mass is 9.73. The molecule has 2 aromatic carbocycles. The number of hydrogen-bond donors (Lipinski definition) is 1. The minimum absolute atomic E-state index is 0.0456. The number of aromatic nitrogens is 1. The van der Waals surface area contributed by atoms with Crippen molar-refractivity contribution in [3.05, 3.63) is 89.6 Å². The largest absolute Gasteiger partial charge is 0.554 e. The molecule has 204 valence electrons. The first-order chi connectivity index (χ1) is 18.3. The molecule has 8 nitrogen and oxygen atoms in total. The lowest BCUT2D eigenvalue weighted by Gasteiger charge is -2.37. The zero-order valence-corrected chi connectivity index (χ0v) is 22.4. The zero-order valence-electron chi connectivity index (χ0n) is 22.4. The van der Waals surface area contributed by atoms with E-state index in [1.54, 1.807) is 6.20 Å². The molecule has 0 amide bonds. The number of carboxylic acid groups (broad SMARTS) is 1. The maximum Gasteiger partial charge on any atom is 0.369 e. The number of rotatable bonds is 9. The second-order valence-corrected chi connectivity index (χ2v) is 10.2. The van der Waals surface area contributed by atoms with Crippen LogP contribution >= 0.6 is 0 Å². The van der Waals surface area contributed by atoms with Crippen molar-refractivity contribution in [2.24, 2.45) is 5.92 Å². The first-order valence-electron chi connectivity index (χ1n) is 13.1. The second-order valence-electron chi connectivity index (χ2n) is 10.2. The van der Waals surface area contributed by atoms with Crippen molar-refractivity contribution in [1.29, 1.82) is 0 Å². The highest BCUT2D eigenvalue weighted by Gasteiger charge is 2.45. The van der Waals surface area contributed by atoms with Gasteiger partial charge in [0.2, 0.25) is 11.9 Å². The predicted molar refractivity (Wildman–Crippen MR) is 140 cm³/mol. The van der Waals surface area contributed by atoms with E-state index in [0.29, 0.717) is 29.3 Å². The third-order valence-corrected chi connectivity index (χ3v) is 7.18. The van der Waals surface area contributed by atoms with Crippen LogP contribution in [-0.4, -0.2) is 47.7 Å².